The van der Waals surface area contributed by atoms with Gasteiger partial charge in [0, 0.05) is 30.4 Å². The molecule has 1 aliphatic heterocycles. The minimum Gasteiger partial charge on any atom is -0.496 e. The van der Waals surface area contributed by atoms with Crippen molar-refractivity contribution in [2.45, 2.75) is 12.8 Å². The number of allylic oxidation sites excluding steroid dienone is 1. The van der Waals surface area contributed by atoms with Crippen molar-refractivity contribution in [1.82, 2.24) is 0 Å². The highest BCUT2D eigenvalue weighted by Crippen LogP contribution is 2.30. The lowest BCUT2D eigenvalue weighted by Gasteiger charge is -2.19. The van der Waals surface area contributed by atoms with E-state index >= 15 is 0 Å². The van der Waals surface area contributed by atoms with Crippen LogP contribution >= 0.6 is 0 Å². The Hall–Kier alpha value is -2.73. The Bertz CT molecular complexity index is 738. The zero-order valence-electron chi connectivity index (χ0n) is 13.3. The molecule has 23 heavy (non-hydrogen) atoms. The van der Waals surface area contributed by atoms with Crippen LogP contribution in [0.3, 0.4) is 0 Å². The summed E-state index contributed by atoms with van der Waals surface area (Å²) in [4.78, 5) is 2.37. The molecule has 0 aromatic heterocycles. The van der Waals surface area contributed by atoms with Crippen molar-refractivity contribution in [2.24, 2.45) is 0 Å². The number of methoxy groups -OCH3 is 1. The Morgan fingerprint density at radius 1 is 1.13 bits per heavy atom. The van der Waals surface area contributed by atoms with E-state index in [-0.39, 0.29) is 0 Å². The molecule has 0 N–H and O–H groups in total. The van der Waals surface area contributed by atoms with Crippen LogP contribution in [0.1, 0.15) is 24.0 Å². The van der Waals surface area contributed by atoms with Gasteiger partial charge in [0.25, 0.3) is 0 Å². The summed E-state index contributed by atoms with van der Waals surface area (Å²) in [5, 5.41) is 9.46. The highest BCUT2D eigenvalue weighted by Gasteiger charge is 2.14. The third-order valence-electron chi connectivity index (χ3n) is 4.19. The molecule has 0 radical (unpaired) electrons. The van der Waals surface area contributed by atoms with Crippen molar-refractivity contribution in [2.75, 3.05) is 25.1 Å². The maximum atomic E-state index is 9.46. The van der Waals surface area contributed by atoms with Gasteiger partial charge in [-0.3, -0.25) is 0 Å². The lowest BCUT2D eigenvalue weighted by atomic mass is 10.0. The third kappa shape index (κ3) is 3.37. The molecular weight excluding hydrogens is 284 g/mol. The molecule has 3 rings (SSSR count). The van der Waals surface area contributed by atoms with Crippen molar-refractivity contribution in [3.8, 4) is 11.8 Å². The lowest BCUT2D eigenvalue weighted by molar-refractivity contribution is 0.414. The smallest absolute Gasteiger partial charge is 0.128 e. The van der Waals surface area contributed by atoms with Crippen LogP contribution in [0.2, 0.25) is 0 Å². The van der Waals surface area contributed by atoms with Gasteiger partial charge in [-0.15, -0.1) is 0 Å². The molecule has 0 unspecified atom stereocenters. The monoisotopic (exact) mass is 304 g/mol. The summed E-state index contributed by atoms with van der Waals surface area (Å²) in [5.41, 5.74) is 3.67. The summed E-state index contributed by atoms with van der Waals surface area (Å²) in [5.74, 6) is 0.804. The highest BCUT2D eigenvalue weighted by atomic mass is 16.5. The zero-order valence-corrected chi connectivity index (χ0v) is 13.3. The third-order valence-corrected chi connectivity index (χ3v) is 4.19. The molecule has 3 nitrogen and oxygen atoms in total. The maximum absolute atomic E-state index is 9.46. The fraction of sp³-hybridized carbons (Fsp3) is 0.250. The van der Waals surface area contributed by atoms with E-state index < -0.39 is 0 Å². The fourth-order valence-electron chi connectivity index (χ4n) is 2.94. The van der Waals surface area contributed by atoms with Crippen molar-refractivity contribution < 1.29 is 4.74 Å². The number of hydrogen-bond acceptors (Lipinski definition) is 3. The predicted molar refractivity (Wildman–Crippen MR) is 94.4 cm³/mol. The first kappa shape index (κ1) is 15.2. The van der Waals surface area contributed by atoms with Crippen molar-refractivity contribution >= 4 is 17.3 Å². The molecule has 1 aliphatic rings. The Labute approximate surface area is 137 Å². The molecule has 3 heteroatoms. The first-order chi connectivity index (χ1) is 11.3. The normalized spacial score (nSPS) is 14.6. The van der Waals surface area contributed by atoms with Gasteiger partial charge in [-0.25, -0.2) is 0 Å². The number of anilines is 1. The van der Waals surface area contributed by atoms with Crippen molar-refractivity contribution in [3.63, 3.8) is 0 Å². The van der Waals surface area contributed by atoms with E-state index in [1.54, 1.807) is 7.11 Å². The van der Waals surface area contributed by atoms with Crippen LogP contribution in [-0.2, 0) is 0 Å². The molecule has 2 aromatic rings. The van der Waals surface area contributed by atoms with Crippen LogP contribution in [0.15, 0.2) is 48.5 Å². The number of nitriles is 1. The Morgan fingerprint density at radius 2 is 1.87 bits per heavy atom. The quantitative estimate of drug-likeness (QED) is 0.622. The van der Waals surface area contributed by atoms with Crippen LogP contribution in [-0.4, -0.2) is 20.2 Å². The van der Waals surface area contributed by atoms with Gasteiger partial charge in [-0.1, -0.05) is 30.3 Å². The van der Waals surface area contributed by atoms with Gasteiger partial charge >= 0.3 is 0 Å². The predicted octanol–water partition coefficient (Wildman–Crippen LogP) is 4.36. The topological polar surface area (TPSA) is 36.3 Å². The molecule has 0 atom stereocenters. The highest BCUT2D eigenvalue weighted by molar-refractivity contribution is 5.90. The van der Waals surface area contributed by atoms with Gasteiger partial charge in [-0.05, 0) is 36.6 Å². The first-order valence-corrected chi connectivity index (χ1v) is 7.92. The molecule has 0 saturated carbocycles. The van der Waals surface area contributed by atoms with E-state index in [9.17, 15) is 5.26 Å². The molecule has 0 spiro atoms. The molecule has 2 aromatic carbocycles. The Kier molecular flexibility index (Phi) is 4.63. The van der Waals surface area contributed by atoms with Crippen LogP contribution in [0.25, 0.3) is 11.6 Å². The summed E-state index contributed by atoms with van der Waals surface area (Å²) in [6, 6.07) is 18.2. The van der Waals surface area contributed by atoms with Gasteiger partial charge < -0.3 is 9.64 Å². The molecule has 1 saturated heterocycles. The number of ether oxygens (including phenoxy) is 1. The Balaban J connectivity index is 1.95. The first-order valence-electron chi connectivity index (χ1n) is 7.92. The van der Waals surface area contributed by atoms with Gasteiger partial charge in [0.15, 0.2) is 0 Å². The van der Waals surface area contributed by atoms with E-state index in [0.717, 1.165) is 30.0 Å². The minimum atomic E-state index is 0.637. The van der Waals surface area contributed by atoms with E-state index in [0.29, 0.717) is 5.57 Å². The lowest BCUT2D eigenvalue weighted by Crippen LogP contribution is -2.17. The zero-order chi connectivity index (χ0) is 16.1. The maximum Gasteiger partial charge on any atom is 0.128 e. The average molecular weight is 304 g/mol. The second kappa shape index (κ2) is 7.02. The van der Waals surface area contributed by atoms with Gasteiger partial charge in [0.2, 0.25) is 0 Å². The van der Waals surface area contributed by atoms with Crippen molar-refractivity contribution in [1.29, 1.82) is 5.26 Å². The van der Waals surface area contributed by atoms with Crippen LogP contribution in [0, 0.1) is 11.3 Å². The molecule has 0 bridgehead atoms. The largest absolute Gasteiger partial charge is 0.496 e. The standard InChI is InChI=1S/C20H20N2O/c1-23-20-14-19(22-11-5-6-12-22)10-9-17(20)13-18(15-21)16-7-3-2-4-8-16/h2-4,7-10,13-14H,5-6,11-12H2,1H3/b18-13-. The summed E-state index contributed by atoms with van der Waals surface area (Å²) in [6.07, 6.45) is 4.38. The van der Waals surface area contributed by atoms with Gasteiger partial charge in [0.05, 0.1) is 18.8 Å². The SMILES string of the molecule is COc1cc(N2CCCC2)ccc1/C=C(/C#N)c1ccccc1. The number of hydrogen-bond donors (Lipinski definition) is 0. The van der Waals surface area contributed by atoms with E-state index in [1.807, 2.05) is 42.5 Å². The van der Waals surface area contributed by atoms with E-state index in [4.69, 9.17) is 4.74 Å². The van der Waals surface area contributed by atoms with E-state index in [1.165, 1.54) is 18.5 Å². The summed E-state index contributed by atoms with van der Waals surface area (Å²) < 4.78 is 5.55. The van der Waals surface area contributed by atoms with E-state index in [2.05, 4.69) is 23.1 Å². The average Bonchev–Trinajstić information content (AvgIpc) is 3.15. The second-order valence-electron chi connectivity index (χ2n) is 5.66. The summed E-state index contributed by atoms with van der Waals surface area (Å²) in [7, 11) is 1.68. The van der Waals surface area contributed by atoms with Crippen LogP contribution in [0.5, 0.6) is 5.75 Å². The summed E-state index contributed by atoms with van der Waals surface area (Å²) >= 11 is 0. The minimum absolute atomic E-state index is 0.637. The fourth-order valence-corrected chi connectivity index (χ4v) is 2.94. The van der Waals surface area contributed by atoms with Crippen LogP contribution in [0.4, 0.5) is 5.69 Å². The molecule has 1 fully saturated rings. The van der Waals surface area contributed by atoms with Crippen LogP contribution < -0.4 is 9.64 Å². The molecule has 0 amide bonds. The van der Waals surface area contributed by atoms with Gasteiger partial charge in [-0.2, -0.15) is 5.26 Å². The summed E-state index contributed by atoms with van der Waals surface area (Å²) in [6.45, 7) is 2.21. The second-order valence-corrected chi connectivity index (χ2v) is 5.66. The van der Waals surface area contributed by atoms with Crippen molar-refractivity contribution in [3.05, 3.63) is 59.7 Å². The molecular formula is C20H20N2O. The number of rotatable bonds is 4. The number of nitrogens with zero attached hydrogens (tertiary/aromatic N) is 2. The van der Waals surface area contributed by atoms with Gasteiger partial charge in [0.1, 0.15) is 5.75 Å². The Morgan fingerprint density at radius 3 is 2.52 bits per heavy atom. The number of benzene rings is 2. The molecule has 0 aliphatic carbocycles. The molecule has 1 heterocycles. The molecule has 116 valence electrons.